The van der Waals surface area contributed by atoms with E-state index in [1.165, 1.54) is 20.8 Å². The summed E-state index contributed by atoms with van der Waals surface area (Å²) in [5, 5.41) is -0.564. The molecule has 0 saturated heterocycles. The molecule has 23 heteroatoms. The number of hydrogen-bond acceptors (Lipinski definition) is 5. The monoisotopic (exact) mass is 712 g/mol. The lowest BCUT2D eigenvalue weighted by molar-refractivity contribution is -0.443. The average Bonchev–Trinajstić information content (AvgIpc) is 3.23. The number of anilines is 1. The zero-order chi connectivity index (χ0) is 35.9. The minimum Gasteiger partial charge on any atom is -0.462 e. The third kappa shape index (κ3) is 5.99. The molecule has 0 aliphatic carbocycles. The van der Waals surface area contributed by atoms with E-state index in [4.69, 9.17) is 0 Å². The second-order valence-electron chi connectivity index (χ2n) is 8.78. The van der Waals surface area contributed by atoms with Gasteiger partial charge < -0.3 is 15.0 Å². The summed E-state index contributed by atoms with van der Waals surface area (Å²) >= 11 is -0.123. The number of amides is 2. The fourth-order valence-electron chi connectivity index (χ4n) is 3.37. The SMILES string of the molecule is CCOC(=O)c1c(NC(=O)C(F)(F)C(F)(F)C(F)(F)C(F)(F)C(F)(F)C(F)(F)C(F)(F)C(F)F)sc(C(=O)N(CC)CC)c1C. The summed E-state index contributed by atoms with van der Waals surface area (Å²) in [5.41, 5.74) is -1.50. The Bertz CT molecular complexity index is 1280. The van der Waals surface area contributed by atoms with Gasteiger partial charge in [-0.15, -0.1) is 11.3 Å². The molecular weight excluding hydrogens is 692 g/mol. The van der Waals surface area contributed by atoms with E-state index in [1.54, 1.807) is 0 Å². The van der Waals surface area contributed by atoms with Gasteiger partial charge in [-0.05, 0) is 33.3 Å². The standard InChI is InChI=1S/C22H20F16N2O4S/c1-5-40(6-2)12(41)10-8(4)9(13(42)44-7-3)11(45-10)39-15(43)17(27,28)19(31,32)21(35,36)22(37,38)20(33,34)18(29,30)16(25,26)14(23)24/h14H,5-7H2,1-4H3,(H,39,43). The van der Waals surface area contributed by atoms with Crippen molar-refractivity contribution in [3.05, 3.63) is 16.0 Å². The van der Waals surface area contributed by atoms with Crippen LogP contribution in [-0.4, -0.2) is 90.3 Å². The van der Waals surface area contributed by atoms with Crippen molar-refractivity contribution in [1.29, 1.82) is 0 Å². The normalized spacial score (nSPS) is 14.1. The first kappa shape index (κ1) is 40.0. The average molecular weight is 712 g/mol. The molecule has 0 aliphatic heterocycles. The number of carbonyl (C=O) groups excluding carboxylic acids is 3. The number of thiophene rings is 1. The molecule has 0 spiro atoms. The summed E-state index contributed by atoms with van der Waals surface area (Å²) in [6, 6.07) is 0. The van der Waals surface area contributed by atoms with Crippen LogP contribution in [0.5, 0.6) is 0 Å². The van der Waals surface area contributed by atoms with E-state index >= 15 is 0 Å². The Hall–Kier alpha value is -3.01. The molecule has 1 rings (SSSR count). The topological polar surface area (TPSA) is 75.7 Å². The van der Waals surface area contributed by atoms with Gasteiger partial charge in [0.05, 0.1) is 17.0 Å². The van der Waals surface area contributed by atoms with E-state index in [9.17, 15) is 84.6 Å². The number of ether oxygens (including phenoxy) is 1. The second kappa shape index (κ2) is 12.6. The molecule has 0 unspecified atom stereocenters. The van der Waals surface area contributed by atoms with Gasteiger partial charge in [0.2, 0.25) is 0 Å². The summed E-state index contributed by atoms with van der Waals surface area (Å²) < 4.78 is 223. The van der Waals surface area contributed by atoms with Gasteiger partial charge in [-0.25, -0.2) is 13.6 Å². The predicted molar refractivity (Wildman–Crippen MR) is 122 cm³/mol. The van der Waals surface area contributed by atoms with Gasteiger partial charge in [-0.3, -0.25) is 9.59 Å². The Morgan fingerprint density at radius 2 is 1.18 bits per heavy atom. The van der Waals surface area contributed by atoms with Crippen LogP contribution in [0.3, 0.4) is 0 Å². The number of alkyl halides is 16. The predicted octanol–water partition coefficient (Wildman–Crippen LogP) is 7.37. The molecule has 0 bridgehead atoms. The molecule has 1 heterocycles. The Morgan fingerprint density at radius 1 is 0.756 bits per heavy atom. The van der Waals surface area contributed by atoms with E-state index < -0.39 is 93.3 Å². The first-order chi connectivity index (χ1) is 20.0. The van der Waals surface area contributed by atoms with Crippen molar-refractivity contribution in [1.82, 2.24) is 4.90 Å². The molecule has 1 N–H and O–H groups in total. The molecule has 1 aromatic heterocycles. The molecule has 2 amide bonds. The van der Waals surface area contributed by atoms with Crippen LogP contribution in [0, 0.1) is 6.92 Å². The Labute approximate surface area is 245 Å². The molecule has 45 heavy (non-hydrogen) atoms. The van der Waals surface area contributed by atoms with Crippen LogP contribution in [0.2, 0.25) is 0 Å². The molecule has 260 valence electrons. The van der Waals surface area contributed by atoms with Crippen molar-refractivity contribution < 1.29 is 89.4 Å². The second-order valence-corrected chi connectivity index (χ2v) is 9.80. The van der Waals surface area contributed by atoms with Crippen molar-refractivity contribution >= 4 is 34.1 Å². The highest BCUT2D eigenvalue weighted by atomic mass is 32.1. The summed E-state index contributed by atoms with van der Waals surface area (Å²) in [4.78, 5) is 37.7. The van der Waals surface area contributed by atoms with E-state index in [1.807, 2.05) is 0 Å². The number of nitrogens with one attached hydrogen (secondary N) is 1. The highest BCUT2D eigenvalue weighted by Crippen LogP contribution is 2.62. The van der Waals surface area contributed by atoms with Gasteiger partial charge in [0.25, 0.3) is 5.91 Å². The lowest BCUT2D eigenvalue weighted by Gasteiger charge is -2.42. The van der Waals surface area contributed by atoms with Crippen molar-refractivity contribution in [2.24, 2.45) is 0 Å². The molecule has 0 atom stereocenters. The molecule has 1 aromatic rings. The quantitative estimate of drug-likeness (QED) is 0.162. The van der Waals surface area contributed by atoms with Gasteiger partial charge >= 0.3 is 59.8 Å². The van der Waals surface area contributed by atoms with Crippen molar-refractivity contribution in [3.8, 4) is 0 Å². The van der Waals surface area contributed by atoms with Crippen molar-refractivity contribution in [2.45, 2.75) is 75.6 Å². The number of nitrogens with zero attached hydrogens (tertiary/aromatic N) is 1. The first-order valence-corrected chi connectivity index (χ1v) is 12.7. The Morgan fingerprint density at radius 3 is 1.58 bits per heavy atom. The zero-order valence-electron chi connectivity index (χ0n) is 22.7. The maximum Gasteiger partial charge on any atom is 0.393 e. The fraction of sp³-hybridized carbons (Fsp3) is 0.682. The van der Waals surface area contributed by atoms with Gasteiger partial charge in [0.1, 0.15) is 5.00 Å². The highest BCUT2D eigenvalue weighted by Gasteiger charge is 2.94. The summed E-state index contributed by atoms with van der Waals surface area (Å²) in [7, 11) is 0. The van der Waals surface area contributed by atoms with Gasteiger partial charge in [0.15, 0.2) is 0 Å². The molecule has 0 saturated carbocycles. The van der Waals surface area contributed by atoms with Gasteiger partial charge in [0, 0.05) is 13.1 Å². The highest BCUT2D eigenvalue weighted by molar-refractivity contribution is 7.18. The fourth-order valence-corrected chi connectivity index (χ4v) is 4.53. The molecule has 0 aliphatic rings. The van der Waals surface area contributed by atoms with Gasteiger partial charge in [-0.1, -0.05) is 0 Å². The maximum atomic E-state index is 14.5. The molecule has 6 nitrogen and oxygen atoms in total. The third-order valence-electron chi connectivity index (χ3n) is 6.05. The van der Waals surface area contributed by atoms with Crippen molar-refractivity contribution in [3.63, 3.8) is 0 Å². The van der Waals surface area contributed by atoms with Crippen LogP contribution in [0.15, 0.2) is 0 Å². The smallest absolute Gasteiger partial charge is 0.393 e. The van der Waals surface area contributed by atoms with Crippen LogP contribution in [0.1, 0.15) is 46.4 Å². The molecule has 0 fully saturated rings. The molecule has 0 aromatic carbocycles. The Kier molecular flexibility index (Phi) is 11.2. The third-order valence-corrected chi connectivity index (χ3v) is 7.24. The first-order valence-electron chi connectivity index (χ1n) is 11.9. The largest absolute Gasteiger partial charge is 0.462 e. The number of carbonyl (C=O) groups is 3. The lowest BCUT2D eigenvalue weighted by atomic mass is 9.89. The summed E-state index contributed by atoms with van der Waals surface area (Å²) in [6.07, 6.45) is -5.99. The Balaban J connectivity index is 3.76. The van der Waals surface area contributed by atoms with Crippen LogP contribution in [-0.2, 0) is 9.53 Å². The number of hydrogen-bond donors (Lipinski definition) is 1. The van der Waals surface area contributed by atoms with Crippen LogP contribution >= 0.6 is 11.3 Å². The number of rotatable bonds is 14. The van der Waals surface area contributed by atoms with Crippen LogP contribution < -0.4 is 5.32 Å². The minimum absolute atomic E-state index is 0.0242. The molecular formula is C22H20F16N2O4S. The van der Waals surface area contributed by atoms with Crippen LogP contribution in [0.4, 0.5) is 75.2 Å². The van der Waals surface area contributed by atoms with E-state index in [0.29, 0.717) is 0 Å². The van der Waals surface area contributed by atoms with Crippen molar-refractivity contribution in [2.75, 3.05) is 25.0 Å². The summed E-state index contributed by atoms with van der Waals surface area (Å²) in [5.74, 6) is -63.6. The maximum absolute atomic E-state index is 14.5. The number of esters is 1. The summed E-state index contributed by atoms with van der Waals surface area (Å²) in [6.45, 7) is 4.45. The number of halogens is 16. The minimum atomic E-state index is -8.69. The van der Waals surface area contributed by atoms with E-state index in [-0.39, 0.29) is 24.4 Å². The lowest BCUT2D eigenvalue weighted by Crippen LogP contribution is -2.74. The molecule has 0 radical (unpaired) electrons. The van der Waals surface area contributed by atoms with E-state index in [2.05, 4.69) is 4.74 Å². The van der Waals surface area contributed by atoms with Gasteiger partial charge in [-0.2, -0.15) is 61.5 Å². The van der Waals surface area contributed by atoms with Crippen LogP contribution in [0.25, 0.3) is 0 Å². The zero-order valence-corrected chi connectivity index (χ0v) is 23.6. The van der Waals surface area contributed by atoms with E-state index in [0.717, 1.165) is 17.1 Å².